The van der Waals surface area contributed by atoms with Gasteiger partial charge in [0.25, 0.3) is 0 Å². The van der Waals surface area contributed by atoms with Gasteiger partial charge in [0.15, 0.2) is 0 Å². The van der Waals surface area contributed by atoms with E-state index in [0.717, 1.165) is 25.9 Å². The molecule has 1 amide bonds. The lowest BCUT2D eigenvalue weighted by atomic mass is 9.91. The minimum atomic E-state index is 0.0370. The smallest absolute Gasteiger partial charge is 0.239 e. The Balaban J connectivity index is 1.84. The molecule has 0 saturated carbocycles. The van der Waals surface area contributed by atoms with Crippen LogP contribution in [0.4, 0.5) is 0 Å². The number of likely N-dealkylation sites (N-methyl/N-ethyl adjacent to an activating group) is 1. The van der Waals surface area contributed by atoms with Gasteiger partial charge >= 0.3 is 0 Å². The van der Waals surface area contributed by atoms with Gasteiger partial charge in [-0.2, -0.15) is 0 Å². The molecule has 0 aromatic heterocycles. The lowest BCUT2D eigenvalue weighted by Gasteiger charge is -2.42. The molecule has 3 nitrogen and oxygen atoms in total. The Morgan fingerprint density at radius 1 is 1.40 bits per heavy atom. The predicted molar refractivity (Wildman–Crippen MR) is 82.7 cm³/mol. The minimum absolute atomic E-state index is 0.0370. The van der Waals surface area contributed by atoms with E-state index in [0.29, 0.717) is 5.92 Å². The molecule has 1 saturated heterocycles. The number of likely N-dealkylation sites (tertiary alicyclic amines) is 1. The number of hydrogen-bond donors (Lipinski definition) is 0. The lowest BCUT2D eigenvalue weighted by Crippen LogP contribution is -2.56. The van der Waals surface area contributed by atoms with Crippen molar-refractivity contribution < 1.29 is 4.79 Å². The molecule has 0 N–H and O–H groups in total. The summed E-state index contributed by atoms with van der Waals surface area (Å²) in [6.07, 6.45) is 1.97. The molecule has 0 aliphatic carbocycles. The second-order valence-corrected chi connectivity index (χ2v) is 6.19. The number of amides is 1. The van der Waals surface area contributed by atoms with Crippen molar-refractivity contribution in [2.24, 2.45) is 5.92 Å². The second-order valence-electron chi connectivity index (χ2n) is 6.19. The van der Waals surface area contributed by atoms with Gasteiger partial charge in [0.1, 0.15) is 0 Å². The minimum Gasteiger partial charge on any atom is -0.341 e. The Morgan fingerprint density at radius 3 is 2.65 bits per heavy atom. The molecule has 0 unspecified atom stereocenters. The molecule has 1 aliphatic rings. The molecule has 1 fully saturated rings. The fraction of sp³-hybridized carbons (Fsp3) is 0.588. The van der Waals surface area contributed by atoms with Gasteiger partial charge in [0.05, 0.1) is 6.04 Å². The van der Waals surface area contributed by atoms with Gasteiger partial charge < -0.3 is 4.90 Å². The SMILES string of the molecule is CC[C@H](C(=O)N1CC(Cc2cccc(C)c2)C1)N(C)C. The number of carbonyl (C=O) groups is 1. The van der Waals surface area contributed by atoms with Crippen LogP contribution in [0.1, 0.15) is 24.5 Å². The summed E-state index contributed by atoms with van der Waals surface area (Å²) in [5, 5.41) is 0. The van der Waals surface area contributed by atoms with Crippen molar-refractivity contribution in [1.82, 2.24) is 9.80 Å². The Morgan fingerprint density at radius 2 is 2.10 bits per heavy atom. The van der Waals surface area contributed by atoms with Crippen molar-refractivity contribution in [3.63, 3.8) is 0 Å². The Kier molecular flexibility index (Phi) is 4.81. The summed E-state index contributed by atoms with van der Waals surface area (Å²) in [4.78, 5) is 16.4. The van der Waals surface area contributed by atoms with Crippen LogP contribution in [-0.4, -0.2) is 48.9 Å². The molecular weight excluding hydrogens is 248 g/mol. The molecule has 1 heterocycles. The maximum Gasteiger partial charge on any atom is 0.239 e. The first-order valence-electron chi connectivity index (χ1n) is 7.52. The van der Waals surface area contributed by atoms with E-state index in [4.69, 9.17) is 0 Å². The zero-order chi connectivity index (χ0) is 14.7. The standard InChI is InChI=1S/C17H26N2O/c1-5-16(18(3)4)17(20)19-11-15(12-19)10-14-8-6-7-13(2)9-14/h6-9,15-16H,5,10-12H2,1-4H3/t16-/m1/s1. The van der Waals surface area contributed by atoms with E-state index in [1.54, 1.807) is 0 Å². The molecule has 0 bridgehead atoms. The fourth-order valence-corrected chi connectivity index (χ4v) is 3.02. The number of carbonyl (C=O) groups excluding carboxylic acids is 1. The topological polar surface area (TPSA) is 23.6 Å². The van der Waals surface area contributed by atoms with Gasteiger partial charge in [-0.1, -0.05) is 36.8 Å². The lowest BCUT2D eigenvalue weighted by molar-refractivity contribution is -0.142. The van der Waals surface area contributed by atoms with Gasteiger partial charge in [-0.3, -0.25) is 9.69 Å². The highest BCUT2D eigenvalue weighted by Crippen LogP contribution is 2.22. The average molecular weight is 274 g/mol. The van der Waals surface area contributed by atoms with Gasteiger partial charge in [-0.15, -0.1) is 0 Å². The Labute approximate surface area is 122 Å². The average Bonchev–Trinajstić information content (AvgIpc) is 2.33. The molecule has 20 heavy (non-hydrogen) atoms. The third kappa shape index (κ3) is 3.40. The first-order chi connectivity index (χ1) is 9.51. The predicted octanol–water partition coefficient (Wildman–Crippen LogP) is 2.34. The fourth-order valence-electron chi connectivity index (χ4n) is 3.02. The van der Waals surface area contributed by atoms with Crippen LogP contribution in [-0.2, 0) is 11.2 Å². The van der Waals surface area contributed by atoms with Crippen LogP contribution in [0, 0.1) is 12.8 Å². The molecular formula is C17H26N2O. The first kappa shape index (κ1) is 15.0. The summed E-state index contributed by atoms with van der Waals surface area (Å²) >= 11 is 0. The molecule has 110 valence electrons. The summed E-state index contributed by atoms with van der Waals surface area (Å²) < 4.78 is 0. The second kappa shape index (κ2) is 6.40. The largest absolute Gasteiger partial charge is 0.341 e. The van der Waals surface area contributed by atoms with Gasteiger partial charge in [0.2, 0.25) is 5.91 Å². The number of rotatable bonds is 5. The van der Waals surface area contributed by atoms with E-state index in [-0.39, 0.29) is 11.9 Å². The van der Waals surface area contributed by atoms with E-state index in [1.165, 1.54) is 11.1 Å². The molecule has 2 rings (SSSR count). The van der Waals surface area contributed by atoms with E-state index in [9.17, 15) is 4.79 Å². The van der Waals surface area contributed by atoms with Crippen LogP contribution in [0.2, 0.25) is 0 Å². The zero-order valence-electron chi connectivity index (χ0n) is 13.1. The van der Waals surface area contributed by atoms with Crippen LogP contribution >= 0.6 is 0 Å². The van der Waals surface area contributed by atoms with Crippen molar-refractivity contribution in [2.75, 3.05) is 27.2 Å². The van der Waals surface area contributed by atoms with Crippen molar-refractivity contribution >= 4 is 5.91 Å². The monoisotopic (exact) mass is 274 g/mol. The first-order valence-corrected chi connectivity index (χ1v) is 7.52. The van der Waals surface area contributed by atoms with E-state index >= 15 is 0 Å². The zero-order valence-corrected chi connectivity index (χ0v) is 13.1. The van der Waals surface area contributed by atoms with E-state index < -0.39 is 0 Å². The van der Waals surface area contributed by atoms with Crippen LogP contribution < -0.4 is 0 Å². The van der Waals surface area contributed by atoms with Crippen LogP contribution in [0.3, 0.4) is 0 Å². The molecule has 0 spiro atoms. The maximum atomic E-state index is 12.3. The van der Waals surface area contributed by atoms with Crippen LogP contribution in [0.25, 0.3) is 0 Å². The molecule has 3 heteroatoms. The summed E-state index contributed by atoms with van der Waals surface area (Å²) in [7, 11) is 3.96. The van der Waals surface area contributed by atoms with Crippen molar-refractivity contribution in [2.45, 2.75) is 32.7 Å². The Hall–Kier alpha value is -1.35. The van der Waals surface area contributed by atoms with E-state index in [2.05, 4.69) is 38.1 Å². The van der Waals surface area contributed by atoms with Crippen molar-refractivity contribution in [3.05, 3.63) is 35.4 Å². The molecule has 1 atom stereocenters. The van der Waals surface area contributed by atoms with Gasteiger partial charge in [-0.25, -0.2) is 0 Å². The van der Waals surface area contributed by atoms with Gasteiger partial charge in [0, 0.05) is 13.1 Å². The normalized spacial score (nSPS) is 17.1. The third-order valence-electron chi connectivity index (χ3n) is 4.17. The molecule has 1 aromatic rings. The summed E-state index contributed by atoms with van der Waals surface area (Å²) in [6, 6.07) is 8.72. The van der Waals surface area contributed by atoms with Crippen molar-refractivity contribution in [1.29, 1.82) is 0 Å². The van der Waals surface area contributed by atoms with Crippen LogP contribution in [0.15, 0.2) is 24.3 Å². The van der Waals surface area contributed by atoms with Gasteiger partial charge in [-0.05, 0) is 45.3 Å². The molecule has 0 radical (unpaired) electrons. The van der Waals surface area contributed by atoms with E-state index in [1.807, 2.05) is 23.9 Å². The molecule has 1 aromatic carbocycles. The summed E-state index contributed by atoms with van der Waals surface area (Å²) in [5.74, 6) is 0.915. The summed E-state index contributed by atoms with van der Waals surface area (Å²) in [5.41, 5.74) is 2.70. The highest BCUT2D eigenvalue weighted by Gasteiger charge is 2.34. The van der Waals surface area contributed by atoms with Crippen molar-refractivity contribution in [3.8, 4) is 0 Å². The number of hydrogen-bond acceptors (Lipinski definition) is 2. The highest BCUT2D eigenvalue weighted by atomic mass is 16.2. The number of aryl methyl sites for hydroxylation is 1. The highest BCUT2D eigenvalue weighted by molar-refractivity contribution is 5.82. The molecule has 1 aliphatic heterocycles. The maximum absolute atomic E-state index is 12.3. The Bertz CT molecular complexity index is 464. The number of nitrogens with zero attached hydrogens (tertiary/aromatic N) is 2. The third-order valence-corrected chi connectivity index (χ3v) is 4.17. The van der Waals surface area contributed by atoms with Crippen LogP contribution in [0.5, 0.6) is 0 Å². The number of benzene rings is 1. The summed E-state index contributed by atoms with van der Waals surface area (Å²) in [6.45, 7) is 6.03. The quantitative estimate of drug-likeness (QED) is 0.823.